The Morgan fingerprint density at radius 3 is 2.56 bits per heavy atom. The predicted octanol–water partition coefficient (Wildman–Crippen LogP) is 2.03. The summed E-state index contributed by atoms with van der Waals surface area (Å²) in [4.78, 5) is 11.1. The maximum Gasteiger partial charge on any atom is 0.401 e. The molecule has 3 atom stereocenters. The van der Waals surface area contributed by atoms with Gasteiger partial charge in [-0.1, -0.05) is 0 Å². The van der Waals surface area contributed by atoms with Gasteiger partial charge in [-0.05, 0) is 26.2 Å². The molecule has 0 aromatic rings. The quantitative estimate of drug-likeness (QED) is 0.751. The fraction of sp³-hybridized carbons (Fsp3) is 0.900. The molecule has 0 saturated heterocycles. The van der Waals surface area contributed by atoms with Crippen LogP contribution < -0.4 is 0 Å². The molecule has 94 valence electrons. The Morgan fingerprint density at radius 2 is 2.06 bits per heavy atom. The third-order valence-electron chi connectivity index (χ3n) is 2.73. The summed E-state index contributed by atoms with van der Waals surface area (Å²) in [5, 5.41) is 9.28. The van der Waals surface area contributed by atoms with Gasteiger partial charge in [0.1, 0.15) is 12.0 Å². The highest BCUT2D eigenvalue weighted by atomic mass is 19.4. The van der Waals surface area contributed by atoms with Crippen LogP contribution in [0, 0.1) is 5.92 Å². The molecule has 6 heteroatoms. The molecule has 1 aliphatic carbocycles. The van der Waals surface area contributed by atoms with Crippen LogP contribution in [0.3, 0.4) is 0 Å². The van der Waals surface area contributed by atoms with Gasteiger partial charge in [-0.2, -0.15) is 13.2 Å². The van der Waals surface area contributed by atoms with E-state index >= 15 is 0 Å². The van der Waals surface area contributed by atoms with Gasteiger partial charge < -0.3 is 9.84 Å². The lowest BCUT2D eigenvalue weighted by atomic mass is 9.95. The van der Waals surface area contributed by atoms with E-state index in [4.69, 9.17) is 4.74 Å². The molecule has 0 heterocycles. The van der Waals surface area contributed by atoms with Crippen molar-refractivity contribution < 1.29 is 27.8 Å². The van der Waals surface area contributed by atoms with Gasteiger partial charge in [0, 0.05) is 6.42 Å². The van der Waals surface area contributed by atoms with E-state index in [1.54, 1.807) is 0 Å². The Balaban J connectivity index is 2.45. The number of hydrogen-bond acceptors (Lipinski definition) is 3. The predicted molar refractivity (Wildman–Crippen MR) is 49.6 cm³/mol. The largest absolute Gasteiger partial charge is 0.462 e. The van der Waals surface area contributed by atoms with Gasteiger partial charge in [0.15, 0.2) is 0 Å². The van der Waals surface area contributed by atoms with Crippen LogP contribution in [0.25, 0.3) is 0 Å². The van der Waals surface area contributed by atoms with Crippen molar-refractivity contribution in [3.63, 3.8) is 0 Å². The highest BCUT2D eigenvalue weighted by Crippen LogP contribution is 2.28. The Hall–Kier alpha value is -0.780. The van der Waals surface area contributed by atoms with Gasteiger partial charge in [0.25, 0.3) is 0 Å². The van der Waals surface area contributed by atoms with E-state index in [1.165, 1.54) is 0 Å². The van der Waals surface area contributed by atoms with Crippen molar-refractivity contribution in [2.45, 2.75) is 51.0 Å². The molecule has 0 aliphatic heterocycles. The lowest BCUT2D eigenvalue weighted by Crippen LogP contribution is -2.35. The SMILES string of the molecule is CC(C(=O)OC1CCCC(O)C1)C(F)(F)F. The number of alkyl halides is 3. The highest BCUT2D eigenvalue weighted by molar-refractivity contribution is 5.73. The number of aliphatic hydroxyl groups is 1. The summed E-state index contributed by atoms with van der Waals surface area (Å²) in [6.45, 7) is 0.779. The normalized spacial score (nSPS) is 28.6. The second kappa shape index (κ2) is 5.03. The smallest absolute Gasteiger partial charge is 0.401 e. The number of hydrogen-bond donors (Lipinski definition) is 1. The molecular weight excluding hydrogens is 225 g/mol. The van der Waals surface area contributed by atoms with Gasteiger partial charge in [-0.25, -0.2) is 0 Å². The Bertz CT molecular complexity index is 252. The van der Waals surface area contributed by atoms with Gasteiger partial charge in [-0.15, -0.1) is 0 Å². The molecular formula is C10H15F3O3. The number of carbonyl (C=O) groups is 1. The minimum Gasteiger partial charge on any atom is -0.462 e. The Labute approximate surface area is 91.6 Å². The summed E-state index contributed by atoms with van der Waals surface area (Å²) in [6.07, 6.45) is -3.69. The van der Waals surface area contributed by atoms with E-state index in [9.17, 15) is 23.1 Å². The summed E-state index contributed by atoms with van der Waals surface area (Å²) in [5.41, 5.74) is 0. The van der Waals surface area contributed by atoms with E-state index in [0.29, 0.717) is 19.3 Å². The summed E-state index contributed by atoms with van der Waals surface area (Å²) < 4.78 is 41.3. The van der Waals surface area contributed by atoms with Crippen molar-refractivity contribution in [1.82, 2.24) is 0 Å². The minimum atomic E-state index is -4.57. The van der Waals surface area contributed by atoms with Gasteiger partial charge >= 0.3 is 12.1 Å². The average Bonchev–Trinajstić information content (AvgIpc) is 2.15. The molecule has 1 rings (SSSR count). The molecule has 0 radical (unpaired) electrons. The van der Waals surface area contributed by atoms with Crippen LogP contribution in [0.2, 0.25) is 0 Å². The van der Waals surface area contributed by atoms with E-state index in [-0.39, 0.29) is 6.42 Å². The monoisotopic (exact) mass is 240 g/mol. The molecule has 16 heavy (non-hydrogen) atoms. The molecule has 1 aliphatic rings. The van der Waals surface area contributed by atoms with Crippen LogP contribution >= 0.6 is 0 Å². The third kappa shape index (κ3) is 3.66. The summed E-state index contributed by atoms with van der Waals surface area (Å²) >= 11 is 0. The molecule has 0 bridgehead atoms. The summed E-state index contributed by atoms with van der Waals surface area (Å²) in [5.74, 6) is -3.36. The van der Waals surface area contributed by atoms with Gasteiger partial charge in [0.05, 0.1) is 6.10 Å². The lowest BCUT2D eigenvalue weighted by molar-refractivity contribution is -0.199. The second-order valence-electron chi connectivity index (χ2n) is 4.14. The summed E-state index contributed by atoms with van der Waals surface area (Å²) in [7, 11) is 0. The Kier molecular flexibility index (Phi) is 4.18. The number of esters is 1. The zero-order chi connectivity index (χ0) is 12.3. The number of aliphatic hydroxyl groups excluding tert-OH is 1. The zero-order valence-electron chi connectivity index (χ0n) is 8.96. The molecule has 0 aromatic heterocycles. The summed E-state index contributed by atoms with van der Waals surface area (Å²) in [6, 6.07) is 0. The van der Waals surface area contributed by atoms with Gasteiger partial charge in [0.2, 0.25) is 0 Å². The number of carbonyl (C=O) groups excluding carboxylic acids is 1. The molecule has 0 aromatic carbocycles. The number of rotatable bonds is 2. The first-order valence-corrected chi connectivity index (χ1v) is 5.26. The molecule has 0 spiro atoms. The molecule has 1 fully saturated rings. The second-order valence-corrected chi connectivity index (χ2v) is 4.14. The number of ether oxygens (including phenoxy) is 1. The van der Waals surface area contributed by atoms with Crippen molar-refractivity contribution >= 4 is 5.97 Å². The van der Waals surface area contributed by atoms with Crippen molar-refractivity contribution in [2.75, 3.05) is 0 Å². The van der Waals surface area contributed by atoms with Crippen molar-refractivity contribution in [3.8, 4) is 0 Å². The standard InChI is InChI=1S/C10H15F3O3/c1-6(10(11,12)13)9(15)16-8-4-2-3-7(14)5-8/h6-8,14H,2-5H2,1H3. The van der Waals surface area contributed by atoms with Crippen LogP contribution in [0.15, 0.2) is 0 Å². The maximum atomic E-state index is 12.2. The zero-order valence-corrected chi connectivity index (χ0v) is 8.96. The molecule has 1 N–H and O–H groups in total. The first kappa shape index (κ1) is 13.3. The van der Waals surface area contributed by atoms with Crippen LogP contribution in [0.5, 0.6) is 0 Å². The fourth-order valence-electron chi connectivity index (χ4n) is 1.63. The first-order chi connectivity index (χ1) is 7.30. The van der Waals surface area contributed by atoms with Crippen LogP contribution in [0.1, 0.15) is 32.6 Å². The number of halogens is 3. The Morgan fingerprint density at radius 1 is 1.44 bits per heavy atom. The van der Waals surface area contributed by atoms with Crippen LogP contribution in [-0.4, -0.2) is 29.5 Å². The van der Waals surface area contributed by atoms with Crippen molar-refractivity contribution in [1.29, 1.82) is 0 Å². The average molecular weight is 240 g/mol. The third-order valence-corrected chi connectivity index (χ3v) is 2.73. The molecule has 0 amide bonds. The van der Waals surface area contributed by atoms with E-state index in [0.717, 1.165) is 6.92 Å². The van der Waals surface area contributed by atoms with Crippen LogP contribution in [0.4, 0.5) is 13.2 Å². The molecule has 3 unspecified atom stereocenters. The fourth-order valence-corrected chi connectivity index (χ4v) is 1.63. The minimum absolute atomic E-state index is 0.232. The van der Waals surface area contributed by atoms with Crippen molar-refractivity contribution in [2.24, 2.45) is 5.92 Å². The van der Waals surface area contributed by atoms with E-state index in [2.05, 4.69) is 0 Å². The van der Waals surface area contributed by atoms with Gasteiger partial charge in [-0.3, -0.25) is 4.79 Å². The van der Waals surface area contributed by atoms with E-state index in [1.807, 2.05) is 0 Å². The van der Waals surface area contributed by atoms with E-state index < -0.39 is 30.3 Å². The first-order valence-electron chi connectivity index (χ1n) is 5.26. The maximum absolute atomic E-state index is 12.2. The topological polar surface area (TPSA) is 46.5 Å². The lowest BCUT2D eigenvalue weighted by Gasteiger charge is -2.27. The molecule has 1 saturated carbocycles. The molecule has 3 nitrogen and oxygen atoms in total. The highest BCUT2D eigenvalue weighted by Gasteiger charge is 2.43. The van der Waals surface area contributed by atoms with Crippen molar-refractivity contribution in [3.05, 3.63) is 0 Å². The van der Waals surface area contributed by atoms with Crippen LogP contribution in [-0.2, 0) is 9.53 Å².